The summed E-state index contributed by atoms with van der Waals surface area (Å²) in [6, 6.07) is 12.3. The molecule has 0 bridgehead atoms. The third-order valence-corrected chi connectivity index (χ3v) is 4.83. The van der Waals surface area contributed by atoms with E-state index in [9.17, 15) is 14.6 Å². The molecule has 0 aliphatic carbocycles. The van der Waals surface area contributed by atoms with Crippen molar-refractivity contribution in [1.29, 1.82) is 0 Å². The molecule has 3 aromatic carbocycles. The number of hydrogen-bond acceptors (Lipinski definition) is 5. The smallest absolute Gasteiger partial charge is 0.170 e. The van der Waals surface area contributed by atoms with Gasteiger partial charge in [-0.05, 0) is 47.5 Å². The summed E-state index contributed by atoms with van der Waals surface area (Å²) >= 11 is 11.0. The van der Waals surface area contributed by atoms with Gasteiger partial charge in [-0.3, -0.25) is 0 Å². The quantitative estimate of drug-likeness (QED) is 0.430. The summed E-state index contributed by atoms with van der Waals surface area (Å²) in [4.78, 5) is 0. The molecule has 0 saturated heterocycles. The van der Waals surface area contributed by atoms with E-state index in [1.165, 1.54) is 44.6 Å². The predicted molar refractivity (Wildman–Crippen MR) is 119 cm³/mol. The molecule has 0 heterocycles. The van der Waals surface area contributed by atoms with Crippen LogP contribution in [0.5, 0.6) is 28.7 Å². The summed E-state index contributed by atoms with van der Waals surface area (Å²) in [5.74, 6) is -0.247. The fraction of sp³-hybridized carbons (Fsp3) is 0.130. The van der Waals surface area contributed by atoms with E-state index < -0.39 is 5.82 Å². The second-order valence-electron chi connectivity index (χ2n) is 6.38. The van der Waals surface area contributed by atoms with Crippen molar-refractivity contribution in [3.05, 3.63) is 64.9 Å². The molecule has 31 heavy (non-hydrogen) atoms. The van der Waals surface area contributed by atoms with Crippen molar-refractivity contribution in [3.8, 4) is 51.0 Å². The fourth-order valence-electron chi connectivity index (χ4n) is 3.10. The van der Waals surface area contributed by atoms with Crippen LogP contribution in [0.4, 0.5) is 4.39 Å². The van der Waals surface area contributed by atoms with Crippen LogP contribution in [-0.2, 0) is 0 Å². The predicted octanol–water partition coefficient (Wildman–Crippen LogP) is 6.29. The lowest BCUT2D eigenvalue weighted by molar-refractivity contribution is 0.341. The zero-order valence-electron chi connectivity index (χ0n) is 16.7. The van der Waals surface area contributed by atoms with Crippen LogP contribution in [0.3, 0.4) is 0 Å². The molecule has 5 nitrogen and oxygen atoms in total. The topological polar surface area (TPSA) is 68.2 Å². The molecule has 0 saturated carbocycles. The van der Waals surface area contributed by atoms with Gasteiger partial charge in [0.15, 0.2) is 23.1 Å². The highest BCUT2D eigenvalue weighted by atomic mass is 35.5. The van der Waals surface area contributed by atoms with Crippen LogP contribution < -0.4 is 14.2 Å². The van der Waals surface area contributed by atoms with Crippen molar-refractivity contribution in [1.82, 2.24) is 0 Å². The molecule has 0 atom stereocenters. The number of phenols is 2. The van der Waals surface area contributed by atoms with Crippen LogP contribution in [0.25, 0.3) is 22.3 Å². The summed E-state index contributed by atoms with van der Waals surface area (Å²) in [5.41, 5.74) is 1.86. The highest BCUT2D eigenvalue weighted by Gasteiger charge is 2.22. The van der Waals surface area contributed by atoms with Gasteiger partial charge in [-0.1, -0.05) is 41.4 Å². The van der Waals surface area contributed by atoms with E-state index in [4.69, 9.17) is 37.4 Å². The average molecular weight is 465 g/mol. The number of ether oxygens (including phenoxy) is 3. The van der Waals surface area contributed by atoms with Crippen molar-refractivity contribution in [3.63, 3.8) is 0 Å². The Morgan fingerprint density at radius 2 is 1.61 bits per heavy atom. The number of methoxy groups -OCH3 is 2. The molecule has 0 aliphatic heterocycles. The molecule has 0 aromatic heterocycles. The Kier molecular flexibility index (Phi) is 7.15. The Morgan fingerprint density at radius 1 is 0.935 bits per heavy atom. The van der Waals surface area contributed by atoms with E-state index in [1.807, 2.05) is 0 Å². The average Bonchev–Trinajstić information content (AvgIpc) is 2.74. The Balaban J connectivity index is 2.08. The molecule has 2 N–H and O–H groups in total. The SMILES string of the molecule is COc1cc(-c2ccc(O)cc2)c(OC)c(O)c1-c1ccc(OCC=C(Cl)Cl)c(F)c1. The number of benzene rings is 3. The van der Waals surface area contributed by atoms with Crippen LogP contribution in [-0.4, -0.2) is 31.0 Å². The van der Waals surface area contributed by atoms with Gasteiger partial charge < -0.3 is 24.4 Å². The number of hydrogen-bond donors (Lipinski definition) is 2. The van der Waals surface area contributed by atoms with Crippen molar-refractivity contribution < 1.29 is 28.8 Å². The lowest BCUT2D eigenvalue weighted by Gasteiger charge is -2.18. The number of halogens is 3. The fourth-order valence-corrected chi connectivity index (χ4v) is 3.22. The highest BCUT2D eigenvalue weighted by Crippen LogP contribution is 2.49. The molecule has 162 valence electrons. The second kappa shape index (κ2) is 9.81. The summed E-state index contributed by atoms with van der Waals surface area (Å²) in [6.45, 7) is 0.00230. The number of aromatic hydroxyl groups is 2. The zero-order chi connectivity index (χ0) is 22.5. The molecular formula is C23H19Cl2FO5. The van der Waals surface area contributed by atoms with Crippen LogP contribution in [0.15, 0.2) is 59.1 Å². The van der Waals surface area contributed by atoms with Gasteiger partial charge in [-0.15, -0.1) is 0 Å². The summed E-state index contributed by atoms with van der Waals surface area (Å²) in [7, 11) is 2.86. The maximum absolute atomic E-state index is 14.6. The molecule has 0 unspecified atom stereocenters. The molecular weight excluding hydrogens is 446 g/mol. The first kappa shape index (κ1) is 22.6. The maximum Gasteiger partial charge on any atom is 0.170 e. The van der Waals surface area contributed by atoms with E-state index >= 15 is 0 Å². The number of phenolic OH excluding ortho intramolecular Hbond substituents is 2. The van der Waals surface area contributed by atoms with E-state index in [0.717, 1.165) is 0 Å². The van der Waals surface area contributed by atoms with Crippen molar-refractivity contribution >= 4 is 23.2 Å². The Labute approximate surface area is 188 Å². The Morgan fingerprint density at radius 3 is 2.19 bits per heavy atom. The molecule has 0 spiro atoms. The van der Waals surface area contributed by atoms with Gasteiger partial charge in [-0.25, -0.2) is 4.39 Å². The molecule has 0 radical (unpaired) electrons. The van der Waals surface area contributed by atoms with Crippen LogP contribution in [0.2, 0.25) is 0 Å². The largest absolute Gasteiger partial charge is 0.508 e. The van der Waals surface area contributed by atoms with Crippen molar-refractivity contribution in [2.75, 3.05) is 20.8 Å². The van der Waals surface area contributed by atoms with Gasteiger partial charge in [0, 0.05) is 5.56 Å². The number of rotatable bonds is 7. The molecule has 3 rings (SSSR count). The molecule has 0 aliphatic rings. The minimum atomic E-state index is -0.639. The minimum Gasteiger partial charge on any atom is -0.508 e. The maximum atomic E-state index is 14.6. The standard InChI is InChI=1S/C23H19Cl2FO5/c1-29-19-12-16(13-3-6-15(27)7-4-13)23(30-2)22(28)21(19)14-5-8-18(17(26)11-14)31-10-9-20(24)25/h3-9,11-12,27-28H,10H2,1-2H3. The Bertz CT molecular complexity index is 1110. The molecule has 8 heteroatoms. The van der Waals surface area contributed by atoms with Crippen LogP contribution >= 0.6 is 23.2 Å². The van der Waals surface area contributed by atoms with Gasteiger partial charge in [0.25, 0.3) is 0 Å². The van der Waals surface area contributed by atoms with Gasteiger partial charge in [-0.2, -0.15) is 0 Å². The first-order chi connectivity index (χ1) is 14.8. The van der Waals surface area contributed by atoms with Gasteiger partial charge in [0.2, 0.25) is 0 Å². The summed E-state index contributed by atoms with van der Waals surface area (Å²) in [5, 5.41) is 20.5. The first-order valence-electron chi connectivity index (χ1n) is 9.07. The van der Waals surface area contributed by atoms with Gasteiger partial charge in [0.05, 0.1) is 19.8 Å². The van der Waals surface area contributed by atoms with E-state index in [-0.39, 0.29) is 39.7 Å². The molecule has 0 amide bonds. The van der Waals surface area contributed by atoms with Crippen molar-refractivity contribution in [2.24, 2.45) is 0 Å². The normalized spacial score (nSPS) is 10.5. The van der Waals surface area contributed by atoms with Crippen LogP contribution in [0.1, 0.15) is 0 Å². The van der Waals surface area contributed by atoms with Crippen LogP contribution in [0, 0.1) is 5.82 Å². The minimum absolute atomic E-state index is 0.000665. The molecule has 0 fully saturated rings. The van der Waals surface area contributed by atoms with Gasteiger partial charge in [0.1, 0.15) is 22.6 Å². The lowest BCUT2D eigenvalue weighted by atomic mass is 9.96. The second-order valence-corrected chi connectivity index (χ2v) is 7.39. The zero-order valence-corrected chi connectivity index (χ0v) is 18.2. The molecule has 3 aromatic rings. The monoisotopic (exact) mass is 464 g/mol. The first-order valence-corrected chi connectivity index (χ1v) is 9.82. The summed E-state index contributed by atoms with van der Waals surface area (Å²) < 4.78 is 30.8. The van der Waals surface area contributed by atoms with E-state index in [2.05, 4.69) is 0 Å². The Hall–Kier alpha value is -3.09. The lowest BCUT2D eigenvalue weighted by Crippen LogP contribution is -1.98. The van der Waals surface area contributed by atoms with Gasteiger partial charge >= 0.3 is 0 Å². The van der Waals surface area contributed by atoms with Crippen molar-refractivity contribution in [2.45, 2.75) is 0 Å². The summed E-state index contributed by atoms with van der Waals surface area (Å²) in [6.07, 6.45) is 1.39. The third-order valence-electron chi connectivity index (χ3n) is 4.52. The third kappa shape index (κ3) is 4.98. The highest BCUT2D eigenvalue weighted by molar-refractivity contribution is 6.55. The van der Waals surface area contributed by atoms with E-state index in [0.29, 0.717) is 22.4 Å². The van der Waals surface area contributed by atoms with E-state index in [1.54, 1.807) is 24.3 Å².